The Labute approximate surface area is 93.0 Å². The molecule has 0 aliphatic carbocycles. The van der Waals surface area contributed by atoms with Gasteiger partial charge in [0.25, 0.3) is 0 Å². The first-order chi connectivity index (χ1) is 5.65. The van der Waals surface area contributed by atoms with Crippen LogP contribution in [-0.4, -0.2) is 7.11 Å². The fraction of sp³-hybridized carbons (Fsp3) is 0.333. The molecule has 0 aromatic heterocycles. The minimum absolute atomic E-state index is 0. The van der Waals surface area contributed by atoms with Gasteiger partial charge in [0.05, 0.1) is 7.11 Å². The van der Waals surface area contributed by atoms with Gasteiger partial charge in [-0.1, -0.05) is 15.9 Å². The molecule has 1 aromatic rings. The number of hydrogen-bond donors (Lipinski definition) is 1. The van der Waals surface area contributed by atoms with Crippen molar-refractivity contribution in [2.24, 2.45) is 5.73 Å². The van der Waals surface area contributed by atoms with E-state index in [4.69, 9.17) is 10.5 Å². The molecule has 0 radical (unpaired) electrons. The second-order valence-electron chi connectivity index (χ2n) is 2.67. The zero-order valence-corrected chi connectivity index (χ0v) is 9.98. The lowest BCUT2D eigenvalue weighted by Crippen LogP contribution is -2.06. The summed E-state index contributed by atoms with van der Waals surface area (Å²) in [5, 5.41) is 0. The third kappa shape index (κ3) is 3.18. The van der Waals surface area contributed by atoms with Crippen molar-refractivity contribution in [2.45, 2.75) is 13.0 Å². The van der Waals surface area contributed by atoms with E-state index in [1.54, 1.807) is 7.11 Å². The molecule has 4 heteroatoms. The standard InChI is InChI=1S/C9H12BrNO.ClH/c1-6(11)8-5-7(10)3-4-9(8)12-2;/h3-6H,11H2,1-2H3;1H. The van der Waals surface area contributed by atoms with E-state index in [-0.39, 0.29) is 18.4 Å². The lowest BCUT2D eigenvalue weighted by atomic mass is 10.1. The quantitative estimate of drug-likeness (QED) is 0.893. The summed E-state index contributed by atoms with van der Waals surface area (Å²) in [7, 11) is 1.65. The number of ether oxygens (including phenoxy) is 1. The smallest absolute Gasteiger partial charge is 0.123 e. The SMILES string of the molecule is COc1ccc(Br)cc1C(C)N.Cl. The van der Waals surface area contributed by atoms with Gasteiger partial charge in [0.15, 0.2) is 0 Å². The Morgan fingerprint density at radius 3 is 2.54 bits per heavy atom. The highest BCUT2D eigenvalue weighted by molar-refractivity contribution is 9.10. The van der Waals surface area contributed by atoms with E-state index in [0.717, 1.165) is 15.8 Å². The Morgan fingerprint density at radius 2 is 2.08 bits per heavy atom. The molecule has 1 atom stereocenters. The van der Waals surface area contributed by atoms with Crippen LogP contribution in [0.25, 0.3) is 0 Å². The predicted molar refractivity (Wildman–Crippen MR) is 60.5 cm³/mol. The maximum Gasteiger partial charge on any atom is 0.123 e. The molecule has 13 heavy (non-hydrogen) atoms. The third-order valence-electron chi connectivity index (χ3n) is 1.68. The predicted octanol–water partition coefficient (Wildman–Crippen LogP) is 2.90. The summed E-state index contributed by atoms with van der Waals surface area (Å²) < 4.78 is 6.18. The molecule has 2 N–H and O–H groups in total. The second-order valence-corrected chi connectivity index (χ2v) is 3.59. The van der Waals surface area contributed by atoms with Crippen molar-refractivity contribution in [1.29, 1.82) is 0 Å². The number of methoxy groups -OCH3 is 1. The van der Waals surface area contributed by atoms with Crippen LogP contribution in [-0.2, 0) is 0 Å². The maximum atomic E-state index is 5.76. The molecule has 0 fully saturated rings. The first kappa shape index (κ1) is 12.8. The lowest BCUT2D eigenvalue weighted by molar-refractivity contribution is 0.407. The van der Waals surface area contributed by atoms with Crippen LogP contribution in [0.5, 0.6) is 5.75 Å². The van der Waals surface area contributed by atoms with E-state index in [1.807, 2.05) is 25.1 Å². The Morgan fingerprint density at radius 1 is 1.46 bits per heavy atom. The van der Waals surface area contributed by atoms with Crippen LogP contribution in [0.4, 0.5) is 0 Å². The minimum Gasteiger partial charge on any atom is -0.496 e. The first-order valence-corrected chi connectivity index (χ1v) is 4.53. The largest absolute Gasteiger partial charge is 0.496 e. The number of halogens is 2. The molecule has 1 unspecified atom stereocenters. The maximum absolute atomic E-state index is 5.76. The second kappa shape index (κ2) is 5.47. The molecular formula is C9H13BrClNO. The van der Waals surface area contributed by atoms with E-state index >= 15 is 0 Å². The highest BCUT2D eigenvalue weighted by atomic mass is 79.9. The molecule has 1 rings (SSSR count). The van der Waals surface area contributed by atoms with Crippen molar-refractivity contribution in [3.63, 3.8) is 0 Å². The van der Waals surface area contributed by atoms with Crippen LogP contribution in [0.15, 0.2) is 22.7 Å². The summed E-state index contributed by atoms with van der Waals surface area (Å²) >= 11 is 3.38. The van der Waals surface area contributed by atoms with Gasteiger partial charge in [0.1, 0.15) is 5.75 Å². The van der Waals surface area contributed by atoms with E-state index in [9.17, 15) is 0 Å². The van der Waals surface area contributed by atoms with E-state index in [2.05, 4.69) is 15.9 Å². The summed E-state index contributed by atoms with van der Waals surface area (Å²) in [6, 6.07) is 5.81. The van der Waals surface area contributed by atoms with Crippen LogP contribution in [0, 0.1) is 0 Å². The van der Waals surface area contributed by atoms with Gasteiger partial charge in [-0.3, -0.25) is 0 Å². The van der Waals surface area contributed by atoms with Crippen molar-refractivity contribution in [1.82, 2.24) is 0 Å². The number of nitrogens with two attached hydrogens (primary N) is 1. The van der Waals surface area contributed by atoms with Crippen LogP contribution < -0.4 is 10.5 Å². The van der Waals surface area contributed by atoms with Crippen molar-refractivity contribution >= 4 is 28.3 Å². The van der Waals surface area contributed by atoms with Gasteiger partial charge < -0.3 is 10.5 Å². The number of benzene rings is 1. The number of hydrogen-bond acceptors (Lipinski definition) is 2. The van der Waals surface area contributed by atoms with Crippen LogP contribution >= 0.6 is 28.3 Å². The molecule has 0 saturated carbocycles. The Hall–Kier alpha value is -0.250. The highest BCUT2D eigenvalue weighted by Gasteiger charge is 2.06. The van der Waals surface area contributed by atoms with E-state index < -0.39 is 0 Å². The molecule has 0 aliphatic heterocycles. The summed E-state index contributed by atoms with van der Waals surface area (Å²) in [5.74, 6) is 0.841. The summed E-state index contributed by atoms with van der Waals surface area (Å²) in [6.45, 7) is 1.93. The molecule has 0 aliphatic rings. The van der Waals surface area contributed by atoms with Gasteiger partial charge in [-0.05, 0) is 25.1 Å². The van der Waals surface area contributed by atoms with Gasteiger partial charge in [-0.2, -0.15) is 0 Å². The summed E-state index contributed by atoms with van der Waals surface area (Å²) in [6.07, 6.45) is 0. The van der Waals surface area contributed by atoms with Gasteiger partial charge >= 0.3 is 0 Å². The van der Waals surface area contributed by atoms with Crippen LogP contribution in [0.2, 0.25) is 0 Å². The zero-order chi connectivity index (χ0) is 9.14. The Bertz CT molecular complexity index is 278. The molecule has 74 valence electrons. The average molecular weight is 267 g/mol. The first-order valence-electron chi connectivity index (χ1n) is 3.74. The number of rotatable bonds is 2. The van der Waals surface area contributed by atoms with Crippen LogP contribution in [0.1, 0.15) is 18.5 Å². The summed E-state index contributed by atoms with van der Waals surface area (Å²) in [5.41, 5.74) is 6.78. The summed E-state index contributed by atoms with van der Waals surface area (Å²) in [4.78, 5) is 0. The van der Waals surface area contributed by atoms with E-state index in [1.165, 1.54) is 0 Å². The molecule has 0 bridgehead atoms. The lowest BCUT2D eigenvalue weighted by Gasteiger charge is -2.11. The van der Waals surface area contributed by atoms with Crippen molar-refractivity contribution < 1.29 is 4.74 Å². The van der Waals surface area contributed by atoms with Gasteiger partial charge in [0, 0.05) is 16.1 Å². The fourth-order valence-corrected chi connectivity index (χ4v) is 1.44. The molecule has 0 amide bonds. The minimum atomic E-state index is -0.00236. The van der Waals surface area contributed by atoms with Gasteiger partial charge in [0.2, 0.25) is 0 Å². The zero-order valence-electron chi connectivity index (χ0n) is 7.58. The molecule has 0 saturated heterocycles. The molecule has 0 spiro atoms. The molecule has 0 heterocycles. The Kier molecular flexibility index (Phi) is 5.37. The third-order valence-corrected chi connectivity index (χ3v) is 2.18. The van der Waals surface area contributed by atoms with E-state index in [0.29, 0.717) is 0 Å². The molecular weight excluding hydrogens is 253 g/mol. The highest BCUT2D eigenvalue weighted by Crippen LogP contribution is 2.26. The van der Waals surface area contributed by atoms with Gasteiger partial charge in [-0.25, -0.2) is 0 Å². The van der Waals surface area contributed by atoms with Crippen molar-refractivity contribution in [2.75, 3.05) is 7.11 Å². The molecule has 1 aromatic carbocycles. The average Bonchev–Trinajstić information content (AvgIpc) is 2.04. The monoisotopic (exact) mass is 265 g/mol. The van der Waals surface area contributed by atoms with Crippen molar-refractivity contribution in [3.8, 4) is 5.75 Å². The Balaban J connectivity index is 0.00000144. The topological polar surface area (TPSA) is 35.2 Å². The molecule has 2 nitrogen and oxygen atoms in total. The van der Waals surface area contributed by atoms with Crippen LogP contribution in [0.3, 0.4) is 0 Å². The van der Waals surface area contributed by atoms with Crippen molar-refractivity contribution in [3.05, 3.63) is 28.2 Å². The normalized spacial score (nSPS) is 11.7. The fourth-order valence-electron chi connectivity index (χ4n) is 1.06. The van der Waals surface area contributed by atoms with Gasteiger partial charge in [-0.15, -0.1) is 12.4 Å².